The molecule has 1 amide bonds. The molecule has 2 fully saturated rings. The molecule has 4 rings (SSSR count). The molecule has 0 bridgehead atoms. The molecular formula is C26H34N3OY+. The summed E-state index contributed by atoms with van der Waals surface area (Å²) in [6.45, 7) is 19.7. The maximum absolute atomic E-state index is 13.2. The van der Waals surface area contributed by atoms with Crippen molar-refractivity contribution in [2.75, 3.05) is 31.1 Å². The van der Waals surface area contributed by atoms with E-state index in [0.717, 1.165) is 53.9 Å². The molecule has 0 aromatic heterocycles. The van der Waals surface area contributed by atoms with Gasteiger partial charge < -0.3 is 9.38 Å². The molecule has 0 saturated carbocycles. The molecule has 1 unspecified atom stereocenters. The fourth-order valence-electron chi connectivity index (χ4n) is 5.17. The van der Waals surface area contributed by atoms with Gasteiger partial charge in [-0.25, -0.2) is 4.85 Å². The Balaban J connectivity index is 0.000000364. The van der Waals surface area contributed by atoms with Crippen molar-refractivity contribution in [1.29, 1.82) is 0 Å². The normalized spacial score (nSPS) is 19.3. The number of quaternary nitrogens is 1. The number of amides is 1. The molecular weight excluding hydrogens is 459 g/mol. The van der Waals surface area contributed by atoms with Crippen molar-refractivity contribution in [2.24, 2.45) is 0 Å². The molecule has 2 aromatic carbocycles. The standard InChI is InChI=1S/C19H26N3O.C7H8.Y/c1-5-22(10-6-7-11-22)17-8-9-21(19(17)23)18-14(2)12-16(20-4)13-15(18)3;1-7-5-3-2-4-6-7;/h12-13,17H,5-11H2,1-3H3;2-6H,1H3;/q+1;;. The van der Waals surface area contributed by atoms with E-state index in [4.69, 9.17) is 6.57 Å². The van der Waals surface area contributed by atoms with Crippen LogP contribution in [0.1, 0.15) is 42.9 Å². The summed E-state index contributed by atoms with van der Waals surface area (Å²) in [5, 5.41) is 0. The number of hydrogen-bond donors (Lipinski definition) is 0. The van der Waals surface area contributed by atoms with E-state index < -0.39 is 0 Å². The molecule has 31 heavy (non-hydrogen) atoms. The van der Waals surface area contributed by atoms with Gasteiger partial charge in [0.1, 0.15) is 0 Å². The van der Waals surface area contributed by atoms with Gasteiger partial charge in [-0.1, -0.05) is 48.0 Å². The van der Waals surface area contributed by atoms with Gasteiger partial charge in [0.05, 0.1) is 26.2 Å². The largest absolute Gasteiger partial charge is 0.314 e. The molecule has 4 nitrogen and oxygen atoms in total. The van der Waals surface area contributed by atoms with Crippen LogP contribution in [-0.2, 0) is 37.5 Å². The molecule has 2 aliphatic rings. The van der Waals surface area contributed by atoms with Crippen molar-refractivity contribution in [3.63, 3.8) is 0 Å². The third kappa shape index (κ3) is 5.64. The summed E-state index contributed by atoms with van der Waals surface area (Å²) in [6.07, 6.45) is 3.45. The first kappa shape index (κ1) is 25.7. The van der Waals surface area contributed by atoms with Crippen molar-refractivity contribution in [2.45, 2.75) is 53.0 Å². The van der Waals surface area contributed by atoms with Crippen molar-refractivity contribution < 1.29 is 42.0 Å². The van der Waals surface area contributed by atoms with Crippen molar-refractivity contribution >= 4 is 17.3 Å². The Morgan fingerprint density at radius 3 is 2.10 bits per heavy atom. The number of likely N-dealkylation sites (tertiary alicyclic amines) is 1. The number of anilines is 1. The maximum Gasteiger partial charge on any atom is 0.285 e. The van der Waals surface area contributed by atoms with E-state index in [-0.39, 0.29) is 44.7 Å². The molecule has 1 atom stereocenters. The fraction of sp³-hybridized carbons (Fsp3) is 0.462. The van der Waals surface area contributed by atoms with Gasteiger partial charge in [0.15, 0.2) is 11.7 Å². The molecule has 2 aliphatic heterocycles. The van der Waals surface area contributed by atoms with E-state index in [0.29, 0.717) is 5.69 Å². The molecule has 0 aliphatic carbocycles. The maximum atomic E-state index is 13.2. The average Bonchev–Trinajstić information content (AvgIpc) is 3.36. The van der Waals surface area contributed by atoms with Gasteiger partial charge in [-0.05, 0) is 38.8 Å². The number of rotatable bonds is 3. The molecule has 0 spiro atoms. The predicted octanol–water partition coefficient (Wildman–Crippen LogP) is 5.58. The first-order chi connectivity index (χ1) is 14.4. The Hall–Kier alpha value is -1.54. The molecule has 1 radical (unpaired) electrons. The summed E-state index contributed by atoms with van der Waals surface area (Å²) in [6, 6.07) is 14.2. The second-order valence-corrected chi connectivity index (χ2v) is 8.68. The van der Waals surface area contributed by atoms with Crippen LogP contribution in [-0.4, -0.2) is 42.6 Å². The minimum absolute atomic E-state index is 0. The van der Waals surface area contributed by atoms with Crippen LogP contribution in [0.4, 0.5) is 11.4 Å². The third-order valence-corrected chi connectivity index (χ3v) is 6.74. The van der Waals surface area contributed by atoms with E-state index in [2.05, 4.69) is 30.8 Å². The molecule has 5 heteroatoms. The van der Waals surface area contributed by atoms with Crippen molar-refractivity contribution in [1.82, 2.24) is 0 Å². The van der Waals surface area contributed by atoms with Crippen LogP contribution in [0.2, 0.25) is 0 Å². The molecule has 0 N–H and O–H groups in total. The second-order valence-electron chi connectivity index (χ2n) is 8.68. The molecule has 161 valence electrons. The van der Waals surface area contributed by atoms with Crippen LogP contribution in [0.15, 0.2) is 42.5 Å². The summed E-state index contributed by atoms with van der Waals surface area (Å²) >= 11 is 0. The Labute approximate surface area is 212 Å². The zero-order chi connectivity index (χ0) is 21.7. The van der Waals surface area contributed by atoms with Gasteiger partial charge in [-0.15, -0.1) is 0 Å². The summed E-state index contributed by atoms with van der Waals surface area (Å²) in [7, 11) is 0. The minimum atomic E-state index is 0. The monoisotopic (exact) mass is 493 g/mol. The number of carbonyl (C=O) groups is 1. The van der Waals surface area contributed by atoms with Crippen molar-refractivity contribution in [3.8, 4) is 0 Å². The second kappa shape index (κ2) is 11.4. The smallest absolute Gasteiger partial charge is 0.285 e. The number of nitrogens with zero attached hydrogens (tertiary/aromatic N) is 3. The SMILES string of the molecule is Cc1ccccc1.[C-]#[N+]c1cc(C)c(N2CCC([N+]3(CC)CCCC3)C2=O)c(C)c1.[Y]. The van der Waals surface area contributed by atoms with Gasteiger partial charge in [-0.3, -0.25) is 4.79 Å². The topological polar surface area (TPSA) is 24.7 Å². The number of hydrogen-bond acceptors (Lipinski definition) is 1. The Bertz CT molecular complexity index is 906. The molecule has 2 heterocycles. The van der Waals surface area contributed by atoms with Gasteiger partial charge in [0, 0.05) is 64.2 Å². The van der Waals surface area contributed by atoms with E-state index in [1.54, 1.807) is 0 Å². The Morgan fingerprint density at radius 1 is 1.06 bits per heavy atom. The molecule has 2 saturated heterocycles. The van der Waals surface area contributed by atoms with Gasteiger partial charge in [-0.2, -0.15) is 0 Å². The minimum Gasteiger partial charge on any atom is -0.314 e. The van der Waals surface area contributed by atoms with Gasteiger partial charge in [0.2, 0.25) is 0 Å². The number of benzene rings is 2. The number of carbonyl (C=O) groups excluding carboxylic acids is 1. The van der Waals surface area contributed by atoms with Crippen LogP contribution in [0.5, 0.6) is 0 Å². The quantitative estimate of drug-likeness (QED) is 0.405. The van der Waals surface area contributed by atoms with Gasteiger partial charge in [0.25, 0.3) is 5.91 Å². The number of likely N-dealkylation sites (N-methyl/N-ethyl adjacent to an activating group) is 1. The van der Waals surface area contributed by atoms with E-state index in [9.17, 15) is 4.79 Å². The summed E-state index contributed by atoms with van der Waals surface area (Å²) in [5.74, 6) is 0.288. The van der Waals surface area contributed by atoms with E-state index in [1.807, 2.05) is 49.1 Å². The third-order valence-electron chi connectivity index (χ3n) is 6.74. The number of aryl methyl sites for hydroxylation is 3. The van der Waals surface area contributed by atoms with Crippen LogP contribution >= 0.6 is 0 Å². The fourth-order valence-corrected chi connectivity index (χ4v) is 5.17. The first-order valence-corrected chi connectivity index (χ1v) is 11.1. The van der Waals surface area contributed by atoms with Gasteiger partial charge >= 0.3 is 0 Å². The predicted molar refractivity (Wildman–Crippen MR) is 124 cm³/mol. The first-order valence-electron chi connectivity index (χ1n) is 11.1. The Morgan fingerprint density at radius 2 is 1.65 bits per heavy atom. The summed E-state index contributed by atoms with van der Waals surface area (Å²) in [5.41, 5.74) is 5.08. The van der Waals surface area contributed by atoms with Crippen LogP contribution in [0.3, 0.4) is 0 Å². The van der Waals surface area contributed by atoms with Crippen LogP contribution in [0.25, 0.3) is 4.85 Å². The van der Waals surface area contributed by atoms with Crippen LogP contribution in [0, 0.1) is 27.3 Å². The summed E-state index contributed by atoms with van der Waals surface area (Å²) in [4.78, 5) is 18.7. The molecule has 2 aromatic rings. The zero-order valence-electron chi connectivity index (χ0n) is 19.4. The zero-order valence-corrected chi connectivity index (χ0v) is 22.2. The summed E-state index contributed by atoms with van der Waals surface area (Å²) < 4.78 is 0.980. The van der Waals surface area contributed by atoms with E-state index >= 15 is 0 Å². The van der Waals surface area contributed by atoms with E-state index in [1.165, 1.54) is 18.4 Å². The Kier molecular flexibility index (Phi) is 9.43. The van der Waals surface area contributed by atoms with Crippen LogP contribution < -0.4 is 4.90 Å². The average molecular weight is 493 g/mol. The van der Waals surface area contributed by atoms with Crippen molar-refractivity contribution in [3.05, 3.63) is 70.6 Å².